The molecule has 3 aliphatic carbocycles. The molecule has 254 valence electrons. The van der Waals surface area contributed by atoms with Crippen LogP contribution < -0.4 is 0 Å². The molecular formula is C52H31N3. The third kappa shape index (κ3) is 4.67. The highest BCUT2D eigenvalue weighted by Gasteiger charge is 2.42. The van der Waals surface area contributed by atoms with Crippen LogP contribution in [0.3, 0.4) is 0 Å². The van der Waals surface area contributed by atoms with E-state index in [0.29, 0.717) is 11.1 Å². The summed E-state index contributed by atoms with van der Waals surface area (Å²) in [5.41, 5.74) is 18.7. The molecule has 0 amide bonds. The van der Waals surface area contributed by atoms with Crippen LogP contribution in [0.5, 0.6) is 0 Å². The summed E-state index contributed by atoms with van der Waals surface area (Å²) in [5.74, 6) is 0.00848. The van der Waals surface area contributed by atoms with E-state index in [1.807, 2.05) is 12.1 Å². The van der Waals surface area contributed by atoms with E-state index in [4.69, 9.17) is 0 Å². The minimum Gasteiger partial charge on any atom is -0.309 e. The lowest BCUT2D eigenvalue weighted by Gasteiger charge is -2.42. The molecule has 1 aromatic heterocycles. The van der Waals surface area contributed by atoms with Crippen molar-refractivity contribution < 1.29 is 0 Å². The molecule has 0 aliphatic heterocycles. The number of hydrogen-bond acceptors (Lipinski definition) is 2. The van der Waals surface area contributed by atoms with Crippen molar-refractivity contribution >= 4 is 21.8 Å². The summed E-state index contributed by atoms with van der Waals surface area (Å²) in [6.07, 6.45) is 0. The van der Waals surface area contributed by atoms with E-state index in [1.165, 1.54) is 50.1 Å². The lowest BCUT2D eigenvalue weighted by molar-refractivity contribution is 0.754. The van der Waals surface area contributed by atoms with E-state index in [2.05, 4.69) is 180 Å². The van der Waals surface area contributed by atoms with Gasteiger partial charge in [0.05, 0.1) is 34.3 Å². The highest BCUT2D eigenvalue weighted by molar-refractivity contribution is 6.11. The van der Waals surface area contributed by atoms with Crippen LogP contribution in [0.25, 0.3) is 60.9 Å². The summed E-state index contributed by atoms with van der Waals surface area (Å²) in [6.45, 7) is 0. The quantitative estimate of drug-likeness (QED) is 0.184. The van der Waals surface area contributed by atoms with Crippen LogP contribution in [0, 0.1) is 22.7 Å². The molecule has 0 N–H and O–H groups in total. The van der Waals surface area contributed by atoms with Crippen molar-refractivity contribution in [3.05, 3.63) is 220 Å². The average Bonchev–Trinajstić information content (AvgIpc) is 3.59. The summed E-state index contributed by atoms with van der Waals surface area (Å²) in [5, 5.41) is 22.9. The molecule has 2 bridgehead atoms. The van der Waals surface area contributed by atoms with Gasteiger partial charge in [0.1, 0.15) is 0 Å². The van der Waals surface area contributed by atoms with Gasteiger partial charge in [-0.3, -0.25) is 0 Å². The molecule has 0 saturated carbocycles. The van der Waals surface area contributed by atoms with Crippen molar-refractivity contribution in [2.75, 3.05) is 0 Å². The number of rotatable bonds is 4. The number of fused-ring (bicyclic) bond motifs is 3. The van der Waals surface area contributed by atoms with Gasteiger partial charge in [-0.05, 0) is 127 Å². The van der Waals surface area contributed by atoms with Crippen LogP contribution in [-0.2, 0) is 0 Å². The van der Waals surface area contributed by atoms with E-state index in [0.717, 1.165) is 44.2 Å². The van der Waals surface area contributed by atoms with Crippen LogP contribution in [0.4, 0.5) is 0 Å². The Morgan fingerprint density at radius 1 is 0.382 bits per heavy atom. The maximum absolute atomic E-state index is 10.7. The first-order valence-electron chi connectivity index (χ1n) is 18.7. The Balaban J connectivity index is 1.11. The zero-order valence-corrected chi connectivity index (χ0v) is 29.7. The van der Waals surface area contributed by atoms with E-state index in [1.54, 1.807) is 0 Å². The average molecular weight is 698 g/mol. The lowest BCUT2D eigenvalue weighted by atomic mass is 9.60. The van der Waals surface area contributed by atoms with Gasteiger partial charge < -0.3 is 4.57 Å². The number of hydrogen-bond donors (Lipinski definition) is 0. The van der Waals surface area contributed by atoms with Crippen LogP contribution in [0.1, 0.15) is 56.3 Å². The van der Waals surface area contributed by atoms with Crippen molar-refractivity contribution in [1.29, 1.82) is 10.5 Å². The fourth-order valence-corrected chi connectivity index (χ4v) is 9.38. The van der Waals surface area contributed by atoms with Crippen LogP contribution in [-0.4, -0.2) is 4.57 Å². The molecule has 0 fully saturated rings. The Bertz CT molecular complexity index is 3100. The number of nitrogens with zero attached hydrogens (tertiary/aromatic N) is 3. The molecule has 0 saturated heterocycles. The topological polar surface area (TPSA) is 52.5 Å². The van der Waals surface area contributed by atoms with Crippen molar-refractivity contribution in [1.82, 2.24) is 4.57 Å². The molecule has 2 atom stereocenters. The molecule has 0 spiro atoms. The van der Waals surface area contributed by atoms with Crippen molar-refractivity contribution in [3.8, 4) is 51.2 Å². The summed E-state index contributed by atoms with van der Waals surface area (Å²) in [7, 11) is 0. The molecule has 8 aromatic carbocycles. The van der Waals surface area contributed by atoms with Gasteiger partial charge in [0.25, 0.3) is 0 Å². The monoisotopic (exact) mass is 697 g/mol. The maximum Gasteiger partial charge on any atom is 0.0998 e. The molecular weight excluding hydrogens is 667 g/mol. The van der Waals surface area contributed by atoms with Gasteiger partial charge in [-0.2, -0.15) is 10.5 Å². The second-order valence-corrected chi connectivity index (χ2v) is 14.7. The number of benzene rings is 8. The van der Waals surface area contributed by atoms with Gasteiger partial charge in [0, 0.05) is 28.3 Å². The van der Waals surface area contributed by atoms with Crippen molar-refractivity contribution in [3.63, 3.8) is 0 Å². The van der Waals surface area contributed by atoms with Crippen LogP contribution >= 0.6 is 0 Å². The van der Waals surface area contributed by atoms with E-state index < -0.39 is 0 Å². The van der Waals surface area contributed by atoms with Crippen molar-refractivity contribution in [2.24, 2.45) is 0 Å². The normalized spacial score (nSPS) is 14.9. The zero-order chi connectivity index (χ0) is 36.6. The molecule has 3 nitrogen and oxygen atoms in total. The lowest BCUT2D eigenvalue weighted by Crippen LogP contribution is -2.27. The highest BCUT2D eigenvalue weighted by Crippen LogP contribution is 2.57. The van der Waals surface area contributed by atoms with Crippen LogP contribution in [0.2, 0.25) is 0 Å². The van der Waals surface area contributed by atoms with E-state index in [9.17, 15) is 10.5 Å². The van der Waals surface area contributed by atoms with Gasteiger partial charge in [0.2, 0.25) is 0 Å². The molecule has 0 radical (unpaired) electrons. The molecule has 12 rings (SSSR count). The second-order valence-electron chi connectivity index (χ2n) is 14.7. The van der Waals surface area contributed by atoms with Crippen molar-refractivity contribution in [2.45, 2.75) is 11.8 Å². The predicted octanol–water partition coefficient (Wildman–Crippen LogP) is 12.5. The first-order valence-corrected chi connectivity index (χ1v) is 18.7. The highest BCUT2D eigenvalue weighted by atomic mass is 15.0. The summed E-state index contributed by atoms with van der Waals surface area (Å²) >= 11 is 0. The van der Waals surface area contributed by atoms with Gasteiger partial charge >= 0.3 is 0 Å². The van der Waals surface area contributed by atoms with E-state index in [-0.39, 0.29) is 11.8 Å². The Labute approximate surface area is 319 Å². The fraction of sp³-hybridized carbons (Fsp3) is 0.0385. The SMILES string of the molecule is N#Cc1ccc2c(c1)C1c3ccccc3C2c2cc(C#N)c(-c3ccc4c(c3)c3cc(-c5ccccc5)ccc3n4-c3ccc(-c4ccccc4)cc3)cc21. The van der Waals surface area contributed by atoms with Gasteiger partial charge in [-0.25, -0.2) is 0 Å². The minimum absolute atomic E-state index is 0.0103. The van der Waals surface area contributed by atoms with E-state index >= 15 is 0 Å². The standard InChI is InChI=1S/C52H31N3/c53-30-32-15-22-42-46(25-32)52-41-14-8-7-13-40(41)51(42)47-28-38(31-54)43(29-48(47)52)37-19-24-50-45(27-37)44-26-36(34-11-5-2-6-12-34)18-23-49(44)55(50)39-20-16-35(17-21-39)33-9-3-1-4-10-33/h1-29,51-52H. The third-order valence-corrected chi connectivity index (χ3v) is 11.8. The fourth-order valence-electron chi connectivity index (χ4n) is 9.38. The molecule has 3 aliphatic rings. The third-order valence-electron chi connectivity index (χ3n) is 11.8. The molecule has 3 heteroatoms. The Kier molecular flexibility index (Phi) is 6.81. The Morgan fingerprint density at radius 3 is 1.55 bits per heavy atom. The summed E-state index contributed by atoms with van der Waals surface area (Å²) < 4.78 is 2.36. The zero-order valence-electron chi connectivity index (χ0n) is 29.7. The Hall–Kier alpha value is -7.46. The maximum atomic E-state index is 10.7. The van der Waals surface area contributed by atoms with Gasteiger partial charge in [-0.15, -0.1) is 0 Å². The largest absolute Gasteiger partial charge is 0.309 e. The van der Waals surface area contributed by atoms with Gasteiger partial charge in [0.15, 0.2) is 0 Å². The first kappa shape index (κ1) is 31.1. The number of aromatic nitrogens is 1. The van der Waals surface area contributed by atoms with Gasteiger partial charge in [-0.1, -0.05) is 115 Å². The first-order chi connectivity index (χ1) is 27.2. The molecule has 55 heavy (non-hydrogen) atoms. The second kappa shape index (κ2) is 12.0. The molecule has 1 heterocycles. The minimum atomic E-state index is -0.0103. The molecule has 9 aromatic rings. The summed E-state index contributed by atoms with van der Waals surface area (Å²) in [4.78, 5) is 0. The Morgan fingerprint density at radius 2 is 0.891 bits per heavy atom. The smallest absolute Gasteiger partial charge is 0.0998 e. The molecule has 2 unspecified atom stereocenters. The van der Waals surface area contributed by atoms with Crippen LogP contribution in [0.15, 0.2) is 176 Å². The summed E-state index contributed by atoms with van der Waals surface area (Å²) in [6, 6.07) is 67.4. The predicted molar refractivity (Wildman–Crippen MR) is 221 cm³/mol. The number of nitriles is 2.